The standard InChI is InChI=1S/C14H24N2O3/c17-12(10-14(19)6-2-1-3-7-14)15-11-13(18)16-8-4-5-9-16/h19H,1-11H2,(H,15,17). The lowest BCUT2D eigenvalue weighted by molar-refractivity contribution is -0.134. The van der Waals surface area contributed by atoms with Gasteiger partial charge >= 0.3 is 0 Å². The molecule has 1 aliphatic carbocycles. The number of carbonyl (C=O) groups is 2. The Morgan fingerprint density at radius 2 is 1.68 bits per heavy atom. The van der Waals surface area contributed by atoms with Crippen molar-refractivity contribution in [1.82, 2.24) is 10.2 Å². The zero-order valence-electron chi connectivity index (χ0n) is 11.5. The van der Waals surface area contributed by atoms with Gasteiger partial charge in [-0.1, -0.05) is 19.3 Å². The van der Waals surface area contributed by atoms with Crippen molar-refractivity contribution in [3.63, 3.8) is 0 Å². The van der Waals surface area contributed by atoms with E-state index in [9.17, 15) is 14.7 Å². The van der Waals surface area contributed by atoms with Gasteiger partial charge in [0.25, 0.3) is 0 Å². The van der Waals surface area contributed by atoms with Crippen molar-refractivity contribution in [2.75, 3.05) is 19.6 Å². The number of amides is 2. The molecule has 2 N–H and O–H groups in total. The summed E-state index contributed by atoms with van der Waals surface area (Å²) in [5.74, 6) is -0.224. The molecule has 108 valence electrons. The van der Waals surface area contributed by atoms with Gasteiger partial charge in [0.05, 0.1) is 18.6 Å². The quantitative estimate of drug-likeness (QED) is 0.792. The van der Waals surface area contributed by atoms with Gasteiger partial charge in [0, 0.05) is 13.1 Å². The molecule has 1 heterocycles. The summed E-state index contributed by atoms with van der Waals surface area (Å²) in [5.41, 5.74) is -0.848. The average molecular weight is 268 g/mol. The minimum atomic E-state index is -0.848. The normalized spacial score (nSPS) is 22.3. The first kappa shape index (κ1) is 14.3. The highest BCUT2D eigenvalue weighted by molar-refractivity contribution is 5.85. The molecule has 0 radical (unpaired) electrons. The molecule has 0 spiro atoms. The van der Waals surface area contributed by atoms with E-state index in [1.165, 1.54) is 0 Å². The summed E-state index contributed by atoms with van der Waals surface area (Å²) in [7, 11) is 0. The Morgan fingerprint density at radius 1 is 1.05 bits per heavy atom. The van der Waals surface area contributed by atoms with Crippen molar-refractivity contribution in [3.05, 3.63) is 0 Å². The second kappa shape index (κ2) is 6.37. The fraction of sp³-hybridized carbons (Fsp3) is 0.857. The van der Waals surface area contributed by atoms with E-state index in [0.717, 1.165) is 45.2 Å². The third-order valence-corrected chi connectivity index (χ3v) is 4.17. The number of nitrogens with one attached hydrogen (secondary N) is 1. The zero-order chi connectivity index (χ0) is 13.7. The second-order valence-electron chi connectivity index (χ2n) is 5.83. The van der Waals surface area contributed by atoms with Crippen LogP contribution in [-0.4, -0.2) is 47.1 Å². The second-order valence-corrected chi connectivity index (χ2v) is 5.83. The summed E-state index contributed by atoms with van der Waals surface area (Å²) in [6.45, 7) is 1.67. The Bertz CT molecular complexity index is 332. The van der Waals surface area contributed by atoms with Gasteiger partial charge in [0.15, 0.2) is 0 Å². The average Bonchev–Trinajstić information content (AvgIpc) is 2.90. The monoisotopic (exact) mass is 268 g/mol. The smallest absolute Gasteiger partial charge is 0.241 e. The fourth-order valence-electron chi connectivity index (χ4n) is 3.00. The first-order valence-corrected chi connectivity index (χ1v) is 7.36. The first-order valence-electron chi connectivity index (χ1n) is 7.36. The van der Waals surface area contributed by atoms with Crippen molar-refractivity contribution in [2.24, 2.45) is 0 Å². The predicted octanol–water partition coefficient (Wildman–Crippen LogP) is 0.810. The maximum Gasteiger partial charge on any atom is 0.241 e. The molecule has 0 bridgehead atoms. The first-order chi connectivity index (χ1) is 9.09. The number of carbonyl (C=O) groups excluding carboxylic acids is 2. The molecule has 19 heavy (non-hydrogen) atoms. The van der Waals surface area contributed by atoms with Crippen LogP contribution < -0.4 is 5.32 Å². The molecule has 2 fully saturated rings. The van der Waals surface area contributed by atoms with Gasteiger partial charge in [-0.2, -0.15) is 0 Å². The van der Waals surface area contributed by atoms with Crippen LogP contribution in [0.15, 0.2) is 0 Å². The van der Waals surface area contributed by atoms with Crippen LogP contribution in [0.2, 0.25) is 0 Å². The Labute approximate surface area is 114 Å². The summed E-state index contributed by atoms with van der Waals surface area (Å²) < 4.78 is 0. The van der Waals surface area contributed by atoms with Gasteiger partial charge in [-0.25, -0.2) is 0 Å². The van der Waals surface area contributed by atoms with Crippen molar-refractivity contribution in [3.8, 4) is 0 Å². The molecule has 0 aromatic heterocycles. The third-order valence-electron chi connectivity index (χ3n) is 4.17. The van der Waals surface area contributed by atoms with E-state index in [1.807, 2.05) is 0 Å². The SMILES string of the molecule is O=C(CC1(O)CCCCC1)NCC(=O)N1CCCC1. The lowest BCUT2D eigenvalue weighted by atomic mass is 9.82. The van der Waals surface area contributed by atoms with E-state index in [1.54, 1.807) is 4.90 Å². The van der Waals surface area contributed by atoms with Crippen LogP contribution in [0.3, 0.4) is 0 Å². The van der Waals surface area contributed by atoms with Gasteiger partial charge in [-0.3, -0.25) is 9.59 Å². The Kier molecular flexibility index (Phi) is 4.80. The summed E-state index contributed by atoms with van der Waals surface area (Å²) in [5, 5.41) is 12.9. The highest BCUT2D eigenvalue weighted by Gasteiger charge is 2.31. The van der Waals surface area contributed by atoms with Gasteiger partial charge in [0.2, 0.25) is 11.8 Å². The van der Waals surface area contributed by atoms with Gasteiger partial charge in [0.1, 0.15) is 0 Å². The lowest BCUT2D eigenvalue weighted by Gasteiger charge is -2.31. The van der Waals surface area contributed by atoms with E-state index in [4.69, 9.17) is 0 Å². The van der Waals surface area contributed by atoms with Crippen LogP contribution >= 0.6 is 0 Å². The van der Waals surface area contributed by atoms with Crippen LogP contribution in [0, 0.1) is 0 Å². The molecule has 1 saturated carbocycles. The van der Waals surface area contributed by atoms with E-state index >= 15 is 0 Å². The number of hydrogen-bond donors (Lipinski definition) is 2. The largest absolute Gasteiger partial charge is 0.389 e. The highest BCUT2D eigenvalue weighted by Crippen LogP contribution is 2.30. The zero-order valence-corrected chi connectivity index (χ0v) is 11.5. The molecule has 2 aliphatic rings. The van der Waals surface area contributed by atoms with Crippen molar-refractivity contribution in [1.29, 1.82) is 0 Å². The lowest BCUT2D eigenvalue weighted by Crippen LogP contribution is -2.42. The van der Waals surface area contributed by atoms with E-state index < -0.39 is 5.60 Å². The summed E-state index contributed by atoms with van der Waals surface area (Å²) >= 11 is 0. The number of nitrogens with zero attached hydrogens (tertiary/aromatic N) is 1. The topological polar surface area (TPSA) is 69.6 Å². The Hall–Kier alpha value is -1.10. The molecular weight excluding hydrogens is 244 g/mol. The number of likely N-dealkylation sites (tertiary alicyclic amines) is 1. The molecular formula is C14H24N2O3. The molecule has 1 aliphatic heterocycles. The van der Waals surface area contributed by atoms with Crippen molar-refractivity contribution < 1.29 is 14.7 Å². The molecule has 0 atom stereocenters. The number of hydrogen-bond acceptors (Lipinski definition) is 3. The summed E-state index contributed by atoms with van der Waals surface area (Å²) in [6, 6.07) is 0. The van der Waals surface area contributed by atoms with Crippen molar-refractivity contribution >= 4 is 11.8 Å². The van der Waals surface area contributed by atoms with E-state index in [0.29, 0.717) is 12.8 Å². The molecule has 2 rings (SSSR count). The molecule has 0 aromatic rings. The number of rotatable bonds is 4. The van der Waals surface area contributed by atoms with E-state index in [2.05, 4.69) is 5.32 Å². The van der Waals surface area contributed by atoms with Gasteiger partial charge in [-0.15, -0.1) is 0 Å². The molecule has 5 nitrogen and oxygen atoms in total. The van der Waals surface area contributed by atoms with E-state index in [-0.39, 0.29) is 24.8 Å². The molecule has 5 heteroatoms. The minimum absolute atomic E-state index is 0.0125. The van der Waals surface area contributed by atoms with Gasteiger partial charge in [-0.05, 0) is 25.7 Å². The molecule has 0 unspecified atom stereocenters. The van der Waals surface area contributed by atoms with Crippen LogP contribution in [0.1, 0.15) is 51.4 Å². The van der Waals surface area contributed by atoms with Crippen LogP contribution in [0.25, 0.3) is 0 Å². The van der Waals surface area contributed by atoms with Crippen LogP contribution in [0.5, 0.6) is 0 Å². The Balaban J connectivity index is 1.70. The summed E-state index contributed by atoms with van der Waals surface area (Å²) in [6.07, 6.45) is 6.73. The van der Waals surface area contributed by atoms with Crippen molar-refractivity contribution in [2.45, 2.75) is 57.0 Å². The number of aliphatic hydroxyl groups is 1. The van der Waals surface area contributed by atoms with Gasteiger partial charge < -0.3 is 15.3 Å². The Morgan fingerprint density at radius 3 is 2.32 bits per heavy atom. The molecule has 1 saturated heterocycles. The minimum Gasteiger partial charge on any atom is -0.389 e. The van der Waals surface area contributed by atoms with Crippen LogP contribution in [0.4, 0.5) is 0 Å². The maximum atomic E-state index is 11.8. The predicted molar refractivity (Wildman–Crippen MR) is 71.5 cm³/mol. The highest BCUT2D eigenvalue weighted by atomic mass is 16.3. The third kappa shape index (κ3) is 4.20. The maximum absolute atomic E-state index is 11.8. The van der Waals surface area contributed by atoms with Crippen LogP contribution in [-0.2, 0) is 9.59 Å². The molecule has 0 aromatic carbocycles. The molecule has 2 amide bonds. The summed E-state index contributed by atoms with van der Waals surface area (Å²) in [4.78, 5) is 25.4. The fourth-order valence-corrected chi connectivity index (χ4v) is 3.00.